The van der Waals surface area contributed by atoms with E-state index < -0.39 is 0 Å². The Hall–Kier alpha value is -3.14. The smallest absolute Gasteiger partial charge is 0.233 e. The second-order valence-electron chi connectivity index (χ2n) is 5.32. The van der Waals surface area contributed by atoms with E-state index in [-0.39, 0.29) is 0 Å². The first-order valence-electron chi connectivity index (χ1n) is 7.46. The molecule has 0 aliphatic heterocycles. The van der Waals surface area contributed by atoms with Gasteiger partial charge in [0.2, 0.25) is 5.69 Å². The van der Waals surface area contributed by atoms with Crippen molar-refractivity contribution in [1.29, 1.82) is 0 Å². The van der Waals surface area contributed by atoms with Crippen LogP contribution in [0.15, 0.2) is 73.1 Å². The van der Waals surface area contributed by atoms with Crippen molar-refractivity contribution in [3.63, 3.8) is 0 Å². The van der Waals surface area contributed by atoms with Crippen LogP contribution >= 0.6 is 0 Å². The second-order valence-corrected chi connectivity index (χ2v) is 5.32. The SMILES string of the molecule is C[n+]1ccccc1-c1nc2ccccc2nc1-c1ccccn1. The number of benzene rings is 1. The minimum atomic E-state index is 0.797. The highest BCUT2D eigenvalue weighted by molar-refractivity contribution is 5.83. The molecule has 4 aromatic rings. The van der Waals surface area contributed by atoms with E-state index in [1.54, 1.807) is 6.20 Å². The topological polar surface area (TPSA) is 42.5 Å². The summed E-state index contributed by atoms with van der Waals surface area (Å²) >= 11 is 0. The molecule has 0 aliphatic rings. The summed E-state index contributed by atoms with van der Waals surface area (Å²) in [6.07, 6.45) is 3.79. The molecule has 0 amide bonds. The van der Waals surface area contributed by atoms with Gasteiger partial charge in [-0.1, -0.05) is 18.2 Å². The molecule has 0 N–H and O–H groups in total. The Balaban J connectivity index is 2.07. The minimum Gasteiger partial charge on any atom is -0.255 e. The summed E-state index contributed by atoms with van der Waals surface area (Å²) in [6, 6.07) is 19.8. The monoisotopic (exact) mass is 299 g/mol. The van der Waals surface area contributed by atoms with Gasteiger partial charge >= 0.3 is 0 Å². The van der Waals surface area contributed by atoms with Gasteiger partial charge in [-0.25, -0.2) is 9.97 Å². The molecule has 0 bridgehead atoms. The van der Waals surface area contributed by atoms with Crippen LogP contribution < -0.4 is 4.57 Å². The maximum Gasteiger partial charge on any atom is 0.233 e. The molecule has 23 heavy (non-hydrogen) atoms. The fourth-order valence-electron chi connectivity index (χ4n) is 2.63. The van der Waals surface area contributed by atoms with Crippen molar-refractivity contribution in [1.82, 2.24) is 15.0 Å². The summed E-state index contributed by atoms with van der Waals surface area (Å²) in [6.45, 7) is 0. The summed E-state index contributed by atoms with van der Waals surface area (Å²) in [7, 11) is 2.01. The van der Waals surface area contributed by atoms with Gasteiger partial charge in [-0.2, -0.15) is 4.57 Å². The summed E-state index contributed by atoms with van der Waals surface area (Å²) in [5, 5.41) is 0. The zero-order chi connectivity index (χ0) is 15.6. The molecule has 0 radical (unpaired) electrons. The van der Waals surface area contributed by atoms with Crippen molar-refractivity contribution in [3.05, 3.63) is 73.1 Å². The van der Waals surface area contributed by atoms with Gasteiger partial charge in [0.25, 0.3) is 0 Å². The predicted molar refractivity (Wildman–Crippen MR) is 89.4 cm³/mol. The van der Waals surface area contributed by atoms with Gasteiger partial charge in [0, 0.05) is 18.3 Å². The molecule has 4 nitrogen and oxygen atoms in total. The number of rotatable bonds is 2. The van der Waals surface area contributed by atoms with E-state index in [9.17, 15) is 0 Å². The number of pyridine rings is 2. The van der Waals surface area contributed by atoms with Crippen LogP contribution in [0.2, 0.25) is 0 Å². The lowest BCUT2D eigenvalue weighted by atomic mass is 10.1. The highest BCUT2D eigenvalue weighted by Crippen LogP contribution is 2.27. The van der Waals surface area contributed by atoms with Crippen molar-refractivity contribution in [2.45, 2.75) is 0 Å². The first-order chi connectivity index (χ1) is 11.3. The molecular weight excluding hydrogens is 284 g/mol. The maximum absolute atomic E-state index is 4.86. The van der Waals surface area contributed by atoms with Crippen LogP contribution in [-0.4, -0.2) is 15.0 Å². The Morgan fingerprint density at radius 2 is 1.43 bits per heavy atom. The standard InChI is InChI=1S/C19H15N4/c1-23-13-7-5-11-17(23)19-18(16-10-4-6-12-20-16)21-14-8-2-3-9-15(14)22-19/h2-13H,1H3/q+1. The number of para-hydroxylation sites is 2. The van der Waals surface area contributed by atoms with E-state index in [0.29, 0.717) is 0 Å². The van der Waals surface area contributed by atoms with Gasteiger partial charge < -0.3 is 0 Å². The van der Waals surface area contributed by atoms with E-state index in [2.05, 4.69) is 4.98 Å². The van der Waals surface area contributed by atoms with Crippen molar-refractivity contribution >= 4 is 11.0 Å². The molecule has 110 valence electrons. The van der Waals surface area contributed by atoms with Crippen LogP contribution in [-0.2, 0) is 7.05 Å². The Morgan fingerprint density at radius 1 is 0.739 bits per heavy atom. The van der Waals surface area contributed by atoms with E-state index in [4.69, 9.17) is 9.97 Å². The first-order valence-corrected chi connectivity index (χ1v) is 7.46. The van der Waals surface area contributed by atoms with Crippen molar-refractivity contribution in [2.75, 3.05) is 0 Å². The van der Waals surface area contributed by atoms with Gasteiger partial charge in [-0.3, -0.25) is 4.98 Å². The Kier molecular flexibility index (Phi) is 3.27. The number of nitrogens with zero attached hydrogens (tertiary/aromatic N) is 4. The molecule has 0 saturated carbocycles. The Bertz CT molecular complexity index is 981. The number of aryl methyl sites for hydroxylation is 1. The van der Waals surface area contributed by atoms with E-state index in [1.165, 1.54) is 0 Å². The fourth-order valence-corrected chi connectivity index (χ4v) is 2.63. The minimum absolute atomic E-state index is 0.797. The molecular formula is C19H15N4+. The highest BCUT2D eigenvalue weighted by Gasteiger charge is 2.19. The molecule has 0 unspecified atom stereocenters. The van der Waals surface area contributed by atoms with Gasteiger partial charge in [0.05, 0.1) is 16.7 Å². The summed E-state index contributed by atoms with van der Waals surface area (Å²) in [4.78, 5) is 14.1. The number of hydrogen-bond acceptors (Lipinski definition) is 3. The van der Waals surface area contributed by atoms with Crippen LogP contribution in [0.25, 0.3) is 33.8 Å². The molecule has 0 saturated heterocycles. The fraction of sp³-hybridized carbons (Fsp3) is 0.0526. The Labute approximate surface area is 134 Å². The number of fused-ring (bicyclic) bond motifs is 1. The second kappa shape index (κ2) is 5.57. The summed E-state index contributed by atoms with van der Waals surface area (Å²) < 4.78 is 2.05. The number of aromatic nitrogens is 4. The van der Waals surface area contributed by atoms with Crippen molar-refractivity contribution in [3.8, 4) is 22.8 Å². The highest BCUT2D eigenvalue weighted by atomic mass is 15.0. The molecule has 3 heterocycles. The van der Waals surface area contributed by atoms with E-state index >= 15 is 0 Å². The third-order valence-corrected chi connectivity index (χ3v) is 3.78. The molecule has 4 heteroatoms. The maximum atomic E-state index is 4.86. The van der Waals surface area contributed by atoms with Crippen LogP contribution in [0.4, 0.5) is 0 Å². The predicted octanol–water partition coefficient (Wildman–Crippen LogP) is 3.18. The van der Waals surface area contributed by atoms with E-state index in [0.717, 1.165) is 33.8 Å². The normalized spacial score (nSPS) is 10.8. The molecule has 3 aromatic heterocycles. The first kappa shape index (κ1) is 13.5. The molecule has 0 fully saturated rings. The summed E-state index contributed by atoms with van der Waals surface area (Å²) in [5.41, 5.74) is 5.22. The van der Waals surface area contributed by atoms with Crippen LogP contribution in [0.5, 0.6) is 0 Å². The molecule has 0 atom stereocenters. The largest absolute Gasteiger partial charge is 0.255 e. The van der Waals surface area contributed by atoms with Gasteiger partial charge in [-0.15, -0.1) is 0 Å². The zero-order valence-corrected chi connectivity index (χ0v) is 12.7. The molecule has 4 rings (SSSR count). The summed E-state index contributed by atoms with van der Waals surface area (Å²) in [5.74, 6) is 0. The quantitative estimate of drug-likeness (QED) is 0.534. The average Bonchev–Trinajstić information content (AvgIpc) is 2.62. The van der Waals surface area contributed by atoms with Gasteiger partial charge in [0.1, 0.15) is 12.7 Å². The molecule has 0 spiro atoms. The van der Waals surface area contributed by atoms with Crippen molar-refractivity contribution < 1.29 is 4.57 Å². The average molecular weight is 299 g/mol. The van der Waals surface area contributed by atoms with Gasteiger partial charge in [0.15, 0.2) is 11.9 Å². The lowest BCUT2D eigenvalue weighted by molar-refractivity contribution is -0.660. The van der Waals surface area contributed by atoms with Crippen molar-refractivity contribution in [2.24, 2.45) is 7.05 Å². The van der Waals surface area contributed by atoms with E-state index in [1.807, 2.05) is 78.5 Å². The van der Waals surface area contributed by atoms with Crippen LogP contribution in [0.3, 0.4) is 0 Å². The molecule has 1 aromatic carbocycles. The lowest BCUT2D eigenvalue weighted by Gasteiger charge is -2.08. The third-order valence-electron chi connectivity index (χ3n) is 3.78. The van der Waals surface area contributed by atoms with Gasteiger partial charge in [-0.05, 0) is 30.3 Å². The number of hydrogen-bond donors (Lipinski definition) is 0. The third kappa shape index (κ3) is 2.44. The van der Waals surface area contributed by atoms with Crippen LogP contribution in [0.1, 0.15) is 0 Å². The van der Waals surface area contributed by atoms with Crippen LogP contribution in [0, 0.1) is 0 Å². The Morgan fingerprint density at radius 3 is 2.13 bits per heavy atom. The lowest BCUT2D eigenvalue weighted by Crippen LogP contribution is -2.30. The molecule has 0 aliphatic carbocycles. The zero-order valence-electron chi connectivity index (χ0n) is 12.7.